The van der Waals surface area contributed by atoms with Crippen LogP contribution >= 0.6 is 0 Å². The third kappa shape index (κ3) is 2.63. The van der Waals surface area contributed by atoms with E-state index in [0.29, 0.717) is 17.2 Å². The number of benzene rings is 1. The van der Waals surface area contributed by atoms with Crippen LogP contribution in [0.2, 0.25) is 0 Å². The van der Waals surface area contributed by atoms with Crippen molar-refractivity contribution in [1.29, 1.82) is 0 Å². The van der Waals surface area contributed by atoms with Crippen LogP contribution in [0, 0.1) is 6.92 Å². The van der Waals surface area contributed by atoms with Crippen molar-refractivity contribution in [3.8, 4) is 17.5 Å². The Labute approximate surface area is 99.2 Å². The maximum Gasteiger partial charge on any atom is 0.321 e. The van der Waals surface area contributed by atoms with Crippen LogP contribution in [0.25, 0.3) is 0 Å². The largest absolute Gasteiger partial charge is 0.497 e. The zero-order valence-corrected chi connectivity index (χ0v) is 9.68. The van der Waals surface area contributed by atoms with Gasteiger partial charge in [0.05, 0.1) is 12.8 Å². The maximum absolute atomic E-state index is 5.79. The van der Waals surface area contributed by atoms with E-state index in [9.17, 15) is 0 Å². The fourth-order valence-corrected chi connectivity index (χ4v) is 1.26. The van der Waals surface area contributed by atoms with Gasteiger partial charge in [-0.05, 0) is 24.6 Å². The summed E-state index contributed by atoms with van der Waals surface area (Å²) in [5, 5.41) is 0. The van der Waals surface area contributed by atoms with E-state index in [0.717, 1.165) is 5.56 Å². The van der Waals surface area contributed by atoms with Gasteiger partial charge in [0.1, 0.15) is 5.75 Å². The van der Waals surface area contributed by atoms with E-state index in [1.54, 1.807) is 37.7 Å². The lowest BCUT2D eigenvalue weighted by molar-refractivity contribution is 0.405. The van der Waals surface area contributed by atoms with E-state index in [4.69, 9.17) is 15.2 Å². The van der Waals surface area contributed by atoms with Gasteiger partial charge in [0.25, 0.3) is 0 Å². The molecule has 5 heteroatoms. The summed E-state index contributed by atoms with van der Waals surface area (Å²) in [4.78, 5) is 8.08. The summed E-state index contributed by atoms with van der Waals surface area (Å²) in [5.41, 5.74) is 7.26. The lowest BCUT2D eigenvalue weighted by Crippen LogP contribution is -1.96. The smallest absolute Gasteiger partial charge is 0.321 e. The average molecular weight is 231 g/mol. The number of nitrogen functional groups attached to an aromatic ring is 1. The normalized spacial score (nSPS) is 10.0. The minimum absolute atomic E-state index is 0.260. The van der Waals surface area contributed by atoms with Gasteiger partial charge in [-0.1, -0.05) is 0 Å². The van der Waals surface area contributed by atoms with Crippen LogP contribution in [0.1, 0.15) is 5.56 Å². The standard InChI is InChI=1S/C12H13N3O2/c1-8-6-14-12(15-7-8)17-11-5-9(16-2)3-4-10(11)13/h3-7H,13H2,1-2H3. The Balaban J connectivity index is 2.25. The molecule has 0 aliphatic heterocycles. The summed E-state index contributed by atoms with van der Waals surface area (Å²) < 4.78 is 10.6. The van der Waals surface area contributed by atoms with Crippen molar-refractivity contribution in [1.82, 2.24) is 9.97 Å². The van der Waals surface area contributed by atoms with E-state index >= 15 is 0 Å². The minimum Gasteiger partial charge on any atom is -0.497 e. The van der Waals surface area contributed by atoms with Crippen molar-refractivity contribution in [2.45, 2.75) is 6.92 Å². The first kappa shape index (κ1) is 11.2. The minimum atomic E-state index is 0.260. The second-order valence-electron chi connectivity index (χ2n) is 3.55. The average Bonchev–Trinajstić information content (AvgIpc) is 2.35. The Morgan fingerprint density at radius 3 is 2.53 bits per heavy atom. The summed E-state index contributed by atoms with van der Waals surface area (Å²) in [7, 11) is 1.58. The van der Waals surface area contributed by atoms with Crippen LogP contribution < -0.4 is 15.2 Å². The van der Waals surface area contributed by atoms with E-state index in [2.05, 4.69) is 9.97 Å². The monoisotopic (exact) mass is 231 g/mol. The fraction of sp³-hybridized carbons (Fsp3) is 0.167. The molecule has 0 saturated heterocycles. The molecule has 2 aromatic rings. The summed E-state index contributed by atoms with van der Waals surface area (Å²) in [5.74, 6) is 1.15. The molecule has 0 aliphatic carbocycles. The Kier molecular flexibility index (Phi) is 3.09. The van der Waals surface area contributed by atoms with Gasteiger partial charge in [-0.2, -0.15) is 0 Å². The lowest BCUT2D eigenvalue weighted by Gasteiger charge is -2.08. The molecule has 1 heterocycles. The van der Waals surface area contributed by atoms with Crippen molar-refractivity contribution in [2.24, 2.45) is 0 Å². The van der Waals surface area contributed by atoms with Gasteiger partial charge in [0.15, 0.2) is 5.75 Å². The highest BCUT2D eigenvalue weighted by atomic mass is 16.5. The predicted molar refractivity (Wildman–Crippen MR) is 64.2 cm³/mol. The molecule has 0 radical (unpaired) electrons. The zero-order valence-electron chi connectivity index (χ0n) is 9.68. The van der Waals surface area contributed by atoms with E-state index in [1.807, 2.05) is 6.92 Å². The molecule has 0 spiro atoms. The Morgan fingerprint density at radius 1 is 1.18 bits per heavy atom. The highest BCUT2D eigenvalue weighted by molar-refractivity contribution is 5.56. The molecule has 5 nitrogen and oxygen atoms in total. The van der Waals surface area contributed by atoms with Crippen LogP contribution in [0.3, 0.4) is 0 Å². The Hall–Kier alpha value is -2.30. The van der Waals surface area contributed by atoms with Crippen molar-refractivity contribution in [2.75, 3.05) is 12.8 Å². The number of aryl methyl sites for hydroxylation is 1. The van der Waals surface area contributed by atoms with E-state index in [-0.39, 0.29) is 6.01 Å². The van der Waals surface area contributed by atoms with E-state index in [1.165, 1.54) is 0 Å². The summed E-state index contributed by atoms with van der Waals surface area (Å²) in [6.07, 6.45) is 3.36. The Bertz CT molecular complexity index is 512. The molecule has 1 aromatic heterocycles. The topological polar surface area (TPSA) is 70.3 Å². The van der Waals surface area contributed by atoms with Gasteiger partial charge in [-0.15, -0.1) is 0 Å². The Morgan fingerprint density at radius 2 is 1.88 bits per heavy atom. The van der Waals surface area contributed by atoms with Crippen LogP contribution in [0.4, 0.5) is 5.69 Å². The van der Waals surface area contributed by atoms with Gasteiger partial charge < -0.3 is 15.2 Å². The zero-order chi connectivity index (χ0) is 12.3. The van der Waals surface area contributed by atoms with Crippen LogP contribution in [0.15, 0.2) is 30.6 Å². The number of aromatic nitrogens is 2. The number of methoxy groups -OCH3 is 1. The van der Waals surface area contributed by atoms with Crippen LogP contribution in [0.5, 0.6) is 17.5 Å². The fourth-order valence-electron chi connectivity index (χ4n) is 1.26. The summed E-state index contributed by atoms with van der Waals surface area (Å²) in [6.45, 7) is 1.91. The molecular formula is C12H13N3O2. The molecule has 0 fully saturated rings. The van der Waals surface area contributed by atoms with Crippen molar-refractivity contribution >= 4 is 5.69 Å². The molecule has 1 aromatic carbocycles. The summed E-state index contributed by atoms with van der Waals surface area (Å²) in [6, 6.07) is 5.43. The molecule has 0 saturated carbocycles. The third-order valence-electron chi connectivity index (χ3n) is 2.18. The molecule has 0 unspecified atom stereocenters. The first-order valence-electron chi connectivity index (χ1n) is 5.09. The highest BCUT2D eigenvalue weighted by Gasteiger charge is 2.05. The van der Waals surface area contributed by atoms with Crippen molar-refractivity contribution in [3.05, 3.63) is 36.2 Å². The molecule has 0 aliphatic rings. The van der Waals surface area contributed by atoms with Gasteiger partial charge in [-0.25, -0.2) is 9.97 Å². The second-order valence-corrected chi connectivity index (χ2v) is 3.55. The van der Waals surface area contributed by atoms with Crippen molar-refractivity contribution in [3.63, 3.8) is 0 Å². The van der Waals surface area contributed by atoms with Gasteiger partial charge >= 0.3 is 6.01 Å². The van der Waals surface area contributed by atoms with E-state index < -0.39 is 0 Å². The number of nitrogens with two attached hydrogens (primary N) is 1. The quantitative estimate of drug-likeness (QED) is 0.820. The van der Waals surface area contributed by atoms with Crippen molar-refractivity contribution < 1.29 is 9.47 Å². The second kappa shape index (κ2) is 4.69. The van der Waals surface area contributed by atoms with Crippen LogP contribution in [-0.2, 0) is 0 Å². The van der Waals surface area contributed by atoms with Gasteiger partial charge in [-0.3, -0.25) is 0 Å². The maximum atomic E-state index is 5.79. The number of hydrogen-bond acceptors (Lipinski definition) is 5. The lowest BCUT2D eigenvalue weighted by atomic mass is 10.3. The number of hydrogen-bond donors (Lipinski definition) is 1. The molecule has 0 bridgehead atoms. The first-order chi connectivity index (χ1) is 8.19. The predicted octanol–water partition coefficient (Wildman–Crippen LogP) is 2.17. The molecule has 0 amide bonds. The molecule has 17 heavy (non-hydrogen) atoms. The number of anilines is 1. The van der Waals surface area contributed by atoms with Gasteiger partial charge in [0.2, 0.25) is 0 Å². The first-order valence-corrected chi connectivity index (χ1v) is 5.09. The number of ether oxygens (including phenoxy) is 2. The third-order valence-corrected chi connectivity index (χ3v) is 2.18. The number of rotatable bonds is 3. The SMILES string of the molecule is COc1ccc(N)c(Oc2ncc(C)cn2)c1. The molecular weight excluding hydrogens is 218 g/mol. The number of nitrogens with zero attached hydrogens (tertiary/aromatic N) is 2. The molecule has 0 atom stereocenters. The van der Waals surface area contributed by atoms with Gasteiger partial charge in [0, 0.05) is 18.5 Å². The van der Waals surface area contributed by atoms with Crippen LogP contribution in [-0.4, -0.2) is 17.1 Å². The highest BCUT2D eigenvalue weighted by Crippen LogP contribution is 2.29. The molecule has 2 N–H and O–H groups in total. The molecule has 2 rings (SSSR count). The summed E-state index contributed by atoms with van der Waals surface area (Å²) >= 11 is 0. The molecule has 88 valence electrons.